The summed E-state index contributed by atoms with van der Waals surface area (Å²) in [6, 6.07) is 18.9. The summed E-state index contributed by atoms with van der Waals surface area (Å²) in [5, 5.41) is 10.1. The predicted octanol–water partition coefficient (Wildman–Crippen LogP) is 5.14. The van der Waals surface area contributed by atoms with E-state index in [4.69, 9.17) is 0 Å². The fourth-order valence-electron chi connectivity index (χ4n) is 3.53. The summed E-state index contributed by atoms with van der Waals surface area (Å²) in [5.41, 5.74) is -0.606. The minimum absolute atomic E-state index is 0.179. The molecule has 0 saturated heterocycles. The number of aromatic nitrogens is 2. The second-order valence-corrected chi connectivity index (χ2v) is 9.28. The highest BCUT2D eigenvalue weighted by Gasteiger charge is 2.46. The predicted molar refractivity (Wildman–Crippen MR) is 120 cm³/mol. The van der Waals surface area contributed by atoms with Crippen molar-refractivity contribution in [2.24, 2.45) is 0 Å². The van der Waals surface area contributed by atoms with E-state index in [0.29, 0.717) is 12.2 Å². The van der Waals surface area contributed by atoms with E-state index in [2.05, 4.69) is 9.97 Å². The minimum Gasteiger partial charge on any atom is -0.389 e. The van der Waals surface area contributed by atoms with Gasteiger partial charge in [-0.05, 0) is 53.4 Å². The number of imidazole rings is 1. The number of hydrogen-bond acceptors (Lipinski definition) is 4. The number of nitrogens with zero attached hydrogens (tertiary/aromatic N) is 1. The average Bonchev–Trinajstić information content (AvgIpc) is 3.15. The van der Waals surface area contributed by atoms with E-state index >= 15 is 0 Å². The third-order valence-corrected chi connectivity index (χ3v) is 6.25. The van der Waals surface area contributed by atoms with Crippen LogP contribution in [0.15, 0.2) is 66.7 Å². The molecule has 3 aromatic carbocycles. The smallest absolute Gasteiger partial charge is 0.389 e. The molecule has 0 fully saturated rings. The molecular weight excluding hydrogens is 455 g/mol. The topological polar surface area (TPSA) is 95.1 Å². The molecule has 4 rings (SSSR count). The Balaban J connectivity index is 1.55. The van der Waals surface area contributed by atoms with Crippen LogP contribution in [0.4, 0.5) is 18.9 Å². The summed E-state index contributed by atoms with van der Waals surface area (Å²) in [7, 11) is -5.46. The first kappa shape index (κ1) is 22.8. The van der Waals surface area contributed by atoms with Crippen LogP contribution in [0.3, 0.4) is 0 Å². The lowest BCUT2D eigenvalue weighted by molar-refractivity contribution is -0.0429. The van der Waals surface area contributed by atoms with Crippen molar-refractivity contribution in [1.82, 2.24) is 9.97 Å². The van der Waals surface area contributed by atoms with E-state index in [1.807, 2.05) is 42.5 Å². The molecule has 0 amide bonds. The second-order valence-electron chi connectivity index (χ2n) is 7.60. The standard InChI is InChI=1S/C23H20F3N3O3S/c1-14(30)18-4-2-3-5-19(18)16-8-11-20-21(13-16)28-22(27-20)12-15-6-9-17(10-7-15)29-33(31,32)23(24,25)26/h2-11,13-14,29-30H,12H2,1H3,(H,27,28). The number of fused-ring (bicyclic) bond motifs is 1. The Morgan fingerprint density at radius 2 is 1.76 bits per heavy atom. The van der Waals surface area contributed by atoms with Gasteiger partial charge in [-0.3, -0.25) is 4.72 Å². The lowest BCUT2D eigenvalue weighted by Crippen LogP contribution is -2.29. The van der Waals surface area contributed by atoms with Gasteiger partial charge in [-0.2, -0.15) is 21.6 Å². The average molecular weight is 475 g/mol. The zero-order valence-electron chi connectivity index (χ0n) is 17.4. The van der Waals surface area contributed by atoms with Crippen molar-refractivity contribution < 1.29 is 26.7 Å². The molecule has 6 nitrogen and oxygen atoms in total. The van der Waals surface area contributed by atoms with Crippen LogP contribution >= 0.6 is 0 Å². The maximum atomic E-state index is 12.5. The van der Waals surface area contributed by atoms with Crippen molar-refractivity contribution in [2.75, 3.05) is 4.72 Å². The molecule has 1 atom stereocenters. The third-order valence-electron chi connectivity index (χ3n) is 5.14. The van der Waals surface area contributed by atoms with Crippen molar-refractivity contribution in [2.45, 2.75) is 25.0 Å². The van der Waals surface area contributed by atoms with Gasteiger partial charge in [0, 0.05) is 12.1 Å². The van der Waals surface area contributed by atoms with Gasteiger partial charge < -0.3 is 10.1 Å². The number of anilines is 1. The zero-order valence-corrected chi connectivity index (χ0v) is 18.2. The number of aliphatic hydroxyl groups excluding tert-OH is 1. The van der Waals surface area contributed by atoms with Crippen molar-refractivity contribution in [3.63, 3.8) is 0 Å². The number of benzene rings is 3. The summed E-state index contributed by atoms with van der Waals surface area (Å²) >= 11 is 0. The van der Waals surface area contributed by atoms with Crippen molar-refractivity contribution >= 4 is 26.7 Å². The first-order valence-electron chi connectivity index (χ1n) is 9.97. The SMILES string of the molecule is CC(O)c1ccccc1-c1ccc2nc(Cc3ccc(NS(=O)(=O)C(F)(F)F)cc3)[nH]c2c1. The number of hydrogen-bond donors (Lipinski definition) is 3. The Hall–Kier alpha value is -3.37. The number of aliphatic hydroxyl groups is 1. The van der Waals surface area contributed by atoms with Gasteiger partial charge in [0.2, 0.25) is 0 Å². The number of sulfonamides is 1. The van der Waals surface area contributed by atoms with Gasteiger partial charge in [-0.25, -0.2) is 4.98 Å². The third kappa shape index (κ3) is 4.86. The summed E-state index contributed by atoms with van der Waals surface area (Å²) < 4.78 is 61.5. The maximum Gasteiger partial charge on any atom is 0.516 e. The van der Waals surface area contributed by atoms with Gasteiger partial charge in [-0.15, -0.1) is 0 Å². The van der Waals surface area contributed by atoms with E-state index < -0.39 is 21.6 Å². The van der Waals surface area contributed by atoms with Crippen LogP contribution in [0.1, 0.15) is 30.0 Å². The molecule has 0 radical (unpaired) electrons. The Kier molecular flexibility index (Phi) is 5.89. The number of rotatable bonds is 6. The van der Waals surface area contributed by atoms with Crippen LogP contribution in [0.2, 0.25) is 0 Å². The number of aromatic amines is 1. The molecule has 0 bridgehead atoms. The molecule has 4 aromatic rings. The molecule has 1 unspecified atom stereocenters. The molecule has 0 aliphatic heterocycles. The molecule has 10 heteroatoms. The second kappa shape index (κ2) is 8.53. The molecule has 1 aromatic heterocycles. The van der Waals surface area contributed by atoms with Crippen molar-refractivity contribution in [3.05, 3.63) is 83.7 Å². The summed E-state index contributed by atoms with van der Waals surface area (Å²) in [6.07, 6.45) is -0.238. The fraction of sp³-hybridized carbons (Fsp3) is 0.174. The van der Waals surface area contributed by atoms with Crippen molar-refractivity contribution in [3.8, 4) is 11.1 Å². The molecule has 0 aliphatic rings. The highest BCUT2D eigenvalue weighted by molar-refractivity contribution is 7.93. The maximum absolute atomic E-state index is 12.5. The van der Waals surface area contributed by atoms with Gasteiger partial charge in [0.15, 0.2) is 0 Å². The molecule has 3 N–H and O–H groups in total. The van der Waals surface area contributed by atoms with Crippen LogP contribution in [-0.4, -0.2) is 29.0 Å². The van der Waals surface area contributed by atoms with Gasteiger partial charge in [0.1, 0.15) is 5.82 Å². The number of H-pyrrole nitrogens is 1. The number of alkyl halides is 3. The summed E-state index contributed by atoms with van der Waals surface area (Å²) in [4.78, 5) is 7.79. The van der Waals surface area contributed by atoms with E-state index in [-0.39, 0.29) is 5.69 Å². The Labute approximate surface area is 188 Å². The minimum atomic E-state index is -5.46. The fourth-order valence-corrected chi connectivity index (χ4v) is 4.10. The van der Waals surface area contributed by atoms with Crippen LogP contribution in [-0.2, 0) is 16.4 Å². The lowest BCUT2D eigenvalue weighted by Gasteiger charge is -2.11. The zero-order chi connectivity index (χ0) is 23.8. The van der Waals surface area contributed by atoms with Crippen LogP contribution in [0.5, 0.6) is 0 Å². The molecule has 0 saturated carbocycles. The number of halogens is 3. The lowest BCUT2D eigenvalue weighted by atomic mass is 9.96. The molecule has 172 valence electrons. The van der Waals surface area contributed by atoms with Gasteiger partial charge in [0.25, 0.3) is 0 Å². The molecule has 0 spiro atoms. The highest BCUT2D eigenvalue weighted by Crippen LogP contribution is 2.30. The summed E-state index contributed by atoms with van der Waals surface area (Å²) in [6.45, 7) is 1.71. The molecule has 33 heavy (non-hydrogen) atoms. The normalized spacial score (nSPS) is 13.2. The van der Waals surface area contributed by atoms with Crippen LogP contribution in [0, 0.1) is 0 Å². The molecular formula is C23H20F3N3O3S. The van der Waals surface area contributed by atoms with E-state index in [9.17, 15) is 26.7 Å². The first-order chi connectivity index (χ1) is 15.5. The van der Waals surface area contributed by atoms with Gasteiger partial charge in [0.05, 0.1) is 17.1 Å². The van der Waals surface area contributed by atoms with E-state index in [0.717, 1.165) is 33.3 Å². The molecule has 1 heterocycles. The molecule has 0 aliphatic carbocycles. The Morgan fingerprint density at radius 1 is 1.06 bits per heavy atom. The largest absolute Gasteiger partial charge is 0.516 e. The highest BCUT2D eigenvalue weighted by atomic mass is 32.2. The first-order valence-corrected chi connectivity index (χ1v) is 11.5. The monoisotopic (exact) mass is 475 g/mol. The Bertz CT molecular complexity index is 1400. The van der Waals surface area contributed by atoms with Crippen molar-refractivity contribution in [1.29, 1.82) is 0 Å². The summed E-state index contributed by atoms with van der Waals surface area (Å²) in [5.74, 6) is 0.648. The Morgan fingerprint density at radius 3 is 2.42 bits per heavy atom. The van der Waals surface area contributed by atoms with E-state index in [1.54, 1.807) is 6.92 Å². The quantitative estimate of drug-likeness (QED) is 0.360. The van der Waals surface area contributed by atoms with Crippen LogP contribution in [0.25, 0.3) is 22.2 Å². The number of nitrogens with one attached hydrogen (secondary N) is 2. The van der Waals surface area contributed by atoms with E-state index in [1.165, 1.54) is 29.0 Å². The van der Waals surface area contributed by atoms with Gasteiger partial charge >= 0.3 is 15.5 Å². The van der Waals surface area contributed by atoms with Gasteiger partial charge in [-0.1, -0.05) is 42.5 Å². The van der Waals surface area contributed by atoms with Crippen LogP contribution < -0.4 is 4.72 Å².